The maximum atomic E-state index is 6.33. The van der Waals surface area contributed by atoms with Crippen molar-refractivity contribution in [3.8, 4) is 0 Å². The number of hydrogen-bond donors (Lipinski definition) is 1. The van der Waals surface area contributed by atoms with E-state index in [-0.39, 0.29) is 0 Å². The van der Waals surface area contributed by atoms with Crippen LogP contribution in [0.25, 0.3) is 11.1 Å². The number of quaternary nitrogens is 1. The number of fused-ring (bicyclic) bond motifs is 1. The molecule has 2 aliphatic rings. The number of pyridine rings is 1. The lowest BCUT2D eigenvalue weighted by Crippen LogP contribution is -2.61. The predicted octanol–water partition coefficient (Wildman–Crippen LogP) is 5.36. The van der Waals surface area contributed by atoms with E-state index in [1.165, 1.54) is 36.0 Å². The third-order valence-corrected chi connectivity index (χ3v) is 8.83. The highest BCUT2D eigenvalue weighted by atomic mass is 16.4. The van der Waals surface area contributed by atoms with Gasteiger partial charge in [-0.05, 0) is 42.0 Å². The second-order valence-electron chi connectivity index (χ2n) is 11.2. The SMILES string of the molecule is CN(c1ccncc1)c1ccc(CN(c2nc3ccccc3o2)C2CC[N+](C)(C3CCNCC3)CC2)cc1. The Kier molecular flexibility index (Phi) is 7.04. The molecule has 7 nitrogen and oxygen atoms in total. The molecule has 2 saturated heterocycles. The van der Waals surface area contributed by atoms with Gasteiger partial charge < -0.3 is 24.0 Å². The van der Waals surface area contributed by atoms with Gasteiger partial charge in [0.15, 0.2) is 5.58 Å². The molecule has 0 bridgehead atoms. The van der Waals surface area contributed by atoms with Crippen molar-refractivity contribution in [1.82, 2.24) is 15.3 Å². The summed E-state index contributed by atoms with van der Waals surface area (Å²) in [4.78, 5) is 13.7. The standard InChI is InChI=1S/C31H39N6O/c1-35(26-11-17-32-18-12-26)25-9-7-24(8-10-25)23-36(31-34-29-5-3-4-6-30(29)38-31)27-15-21-37(2,22-16-27)28-13-19-33-20-14-28/h3-12,17-18,27-28,33H,13-16,19-23H2,1-2H3/q+1. The molecule has 198 valence electrons. The van der Waals surface area contributed by atoms with Crippen LogP contribution in [0.4, 0.5) is 17.4 Å². The summed E-state index contributed by atoms with van der Waals surface area (Å²) in [5.41, 5.74) is 5.32. The lowest BCUT2D eigenvalue weighted by Gasteiger charge is -2.48. The molecule has 2 aliphatic heterocycles. The number of hydrogen-bond acceptors (Lipinski definition) is 6. The van der Waals surface area contributed by atoms with Gasteiger partial charge in [-0.15, -0.1) is 0 Å². The van der Waals surface area contributed by atoms with Crippen molar-refractivity contribution in [3.05, 3.63) is 78.6 Å². The molecule has 4 heterocycles. The van der Waals surface area contributed by atoms with Crippen LogP contribution >= 0.6 is 0 Å². The molecule has 2 fully saturated rings. The Labute approximate surface area is 225 Å². The fourth-order valence-electron chi connectivity index (χ4n) is 6.33. The number of nitrogens with zero attached hydrogens (tertiary/aromatic N) is 5. The van der Waals surface area contributed by atoms with Crippen LogP contribution in [0.2, 0.25) is 0 Å². The van der Waals surface area contributed by atoms with E-state index in [1.807, 2.05) is 48.8 Å². The van der Waals surface area contributed by atoms with Crippen molar-refractivity contribution in [3.63, 3.8) is 0 Å². The second-order valence-corrected chi connectivity index (χ2v) is 11.2. The third kappa shape index (κ3) is 5.13. The van der Waals surface area contributed by atoms with Crippen LogP contribution < -0.4 is 15.1 Å². The second kappa shape index (κ2) is 10.8. The lowest BCUT2D eigenvalue weighted by atomic mass is 9.94. The molecule has 2 aromatic heterocycles. The Morgan fingerprint density at radius 3 is 2.29 bits per heavy atom. The summed E-state index contributed by atoms with van der Waals surface area (Å²) in [6.07, 6.45) is 8.55. The van der Waals surface area contributed by atoms with E-state index >= 15 is 0 Å². The Balaban J connectivity index is 1.22. The van der Waals surface area contributed by atoms with Crippen LogP contribution in [0.1, 0.15) is 31.2 Å². The number of piperidine rings is 2. The van der Waals surface area contributed by atoms with Crippen LogP contribution in [0, 0.1) is 0 Å². The zero-order chi connectivity index (χ0) is 26.0. The number of oxazole rings is 1. The molecule has 38 heavy (non-hydrogen) atoms. The monoisotopic (exact) mass is 511 g/mol. The molecule has 0 radical (unpaired) electrons. The Bertz CT molecular complexity index is 1290. The third-order valence-electron chi connectivity index (χ3n) is 8.83. The summed E-state index contributed by atoms with van der Waals surface area (Å²) in [5.74, 6) is 0. The highest BCUT2D eigenvalue weighted by Gasteiger charge is 2.40. The first-order valence-corrected chi connectivity index (χ1v) is 14.0. The molecule has 0 saturated carbocycles. The Hall–Kier alpha value is -3.42. The highest BCUT2D eigenvalue weighted by Crippen LogP contribution is 2.33. The van der Waals surface area contributed by atoms with Crippen molar-refractivity contribution >= 4 is 28.5 Å². The van der Waals surface area contributed by atoms with Crippen molar-refractivity contribution in [2.24, 2.45) is 0 Å². The summed E-state index contributed by atoms with van der Waals surface area (Å²) in [6, 6.07) is 23.0. The lowest BCUT2D eigenvalue weighted by molar-refractivity contribution is -0.938. The number of aromatic nitrogens is 2. The van der Waals surface area contributed by atoms with Gasteiger partial charge in [-0.25, -0.2) is 0 Å². The van der Waals surface area contributed by atoms with Gasteiger partial charge in [0.1, 0.15) is 5.52 Å². The van der Waals surface area contributed by atoms with E-state index in [2.05, 4.69) is 58.5 Å². The Morgan fingerprint density at radius 1 is 0.895 bits per heavy atom. The summed E-state index contributed by atoms with van der Waals surface area (Å²) in [5, 5.41) is 3.53. The van der Waals surface area contributed by atoms with Gasteiger partial charge in [-0.2, -0.15) is 4.98 Å². The molecule has 4 aromatic rings. The topological polar surface area (TPSA) is 57.4 Å². The van der Waals surface area contributed by atoms with E-state index in [9.17, 15) is 0 Å². The van der Waals surface area contributed by atoms with Crippen molar-refractivity contribution < 1.29 is 8.90 Å². The molecule has 0 unspecified atom stereocenters. The van der Waals surface area contributed by atoms with Gasteiger partial charge in [0, 0.05) is 82.2 Å². The van der Waals surface area contributed by atoms with Crippen LogP contribution in [0.3, 0.4) is 0 Å². The number of nitrogens with one attached hydrogen (secondary N) is 1. The molecular weight excluding hydrogens is 472 g/mol. The van der Waals surface area contributed by atoms with Crippen LogP contribution in [0.5, 0.6) is 0 Å². The molecule has 0 amide bonds. The van der Waals surface area contributed by atoms with Gasteiger partial charge >= 0.3 is 0 Å². The minimum absolute atomic E-state index is 0.412. The van der Waals surface area contributed by atoms with Gasteiger partial charge in [0.05, 0.1) is 26.2 Å². The van der Waals surface area contributed by atoms with Gasteiger partial charge in [0.25, 0.3) is 6.01 Å². The number of anilines is 3. The van der Waals surface area contributed by atoms with Gasteiger partial charge in [-0.3, -0.25) is 4.98 Å². The molecule has 1 N–H and O–H groups in total. The predicted molar refractivity (Wildman–Crippen MR) is 154 cm³/mol. The van der Waals surface area contributed by atoms with Crippen LogP contribution in [0.15, 0.2) is 77.5 Å². The zero-order valence-corrected chi connectivity index (χ0v) is 22.6. The minimum Gasteiger partial charge on any atom is -0.423 e. The number of benzene rings is 2. The molecule has 6 rings (SSSR count). The van der Waals surface area contributed by atoms with E-state index in [0.717, 1.165) is 67.0 Å². The van der Waals surface area contributed by atoms with Gasteiger partial charge in [0.2, 0.25) is 0 Å². The average molecular weight is 512 g/mol. The normalized spacial score (nSPS) is 22.4. The molecule has 2 aromatic carbocycles. The van der Waals surface area contributed by atoms with Crippen molar-refractivity contribution in [1.29, 1.82) is 0 Å². The number of likely N-dealkylation sites (tertiary alicyclic amines) is 1. The highest BCUT2D eigenvalue weighted by molar-refractivity contribution is 5.74. The average Bonchev–Trinajstić information content (AvgIpc) is 3.41. The van der Waals surface area contributed by atoms with E-state index < -0.39 is 0 Å². The fraction of sp³-hybridized carbons (Fsp3) is 0.419. The first kappa shape index (κ1) is 24.9. The first-order chi connectivity index (χ1) is 18.6. The fourth-order valence-corrected chi connectivity index (χ4v) is 6.33. The molecule has 0 spiro atoms. The smallest absolute Gasteiger partial charge is 0.298 e. The number of rotatable bonds is 7. The molecular formula is C31H39N6O+. The maximum absolute atomic E-state index is 6.33. The zero-order valence-electron chi connectivity index (χ0n) is 22.6. The van der Waals surface area contributed by atoms with E-state index in [4.69, 9.17) is 9.40 Å². The van der Waals surface area contributed by atoms with E-state index in [0.29, 0.717) is 6.04 Å². The summed E-state index contributed by atoms with van der Waals surface area (Å²) in [7, 11) is 4.57. The molecule has 0 atom stereocenters. The summed E-state index contributed by atoms with van der Waals surface area (Å²) >= 11 is 0. The van der Waals surface area contributed by atoms with E-state index in [1.54, 1.807) is 0 Å². The molecule has 0 aliphatic carbocycles. The van der Waals surface area contributed by atoms with Gasteiger partial charge in [-0.1, -0.05) is 24.3 Å². The summed E-state index contributed by atoms with van der Waals surface area (Å²) < 4.78 is 7.54. The van der Waals surface area contributed by atoms with Crippen LogP contribution in [-0.4, -0.2) is 66.8 Å². The summed E-state index contributed by atoms with van der Waals surface area (Å²) in [6.45, 7) is 5.52. The quantitative estimate of drug-likeness (QED) is 0.337. The van der Waals surface area contributed by atoms with Crippen LogP contribution in [-0.2, 0) is 6.54 Å². The van der Waals surface area contributed by atoms with Crippen molar-refractivity contribution in [2.45, 2.75) is 44.3 Å². The Morgan fingerprint density at radius 2 is 1.58 bits per heavy atom. The maximum Gasteiger partial charge on any atom is 0.298 e. The largest absolute Gasteiger partial charge is 0.423 e. The first-order valence-electron chi connectivity index (χ1n) is 14.0. The number of para-hydroxylation sites is 2. The molecule has 7 heteroatoms. The minimum atomic E-state index is 0.412. The van der Waals surface area contributed by atoms with Crippen molar-refractivity contribution in [2.75, 3.05) is 50.1 Å².